The summed E-state index contributed by atoms with van der Waals surface area (Å²) in [6.45, 7) is 0.585. The van der Waals surface area contributed by atoms with Gasteiger partial charge in [-0.15, -0.1) is 11.3 Å². The number of Topliss-reactive ketones (excluding diaryl/α,β-unsaturated/α-hetero) is 1. The molecule has 7 heteroatoms. The van der Waals surface area contributed by atoms with Crippen molar-refractivity contribution >= 4 is 40.5 Å². The first-order valence-corrected chi connectivity index (χ1v) is 9.15. The maximum absolute atomic E-state index is 11.8. The van der Waals surface area contributed by atoms with Crippen molar-refractivity contribution in [2.75, 3.05) is 6.54 Å². The van der Waals surface area contributed by atoms with Crippen molar-refractivity contribution in [2.45, 2.75) is 25.8 Å². The van der Waals surface area contributed by atoms with Crippen LogP contribution in [0, 0.1) is 0 Å². The summed E-state index contributed by atoms with van der Waals surface area (Å²) < 4.78 is 0. The number of ketones is 1. The lowest BCUT2D eigenvalue weighted by atomic mass is 10.2. The number of nitrogens with one attached hydrogen (secondary N) is 2. The lowest BCUT2D eigenvalue weighted by molar-refractivity contribution is -0.122. The Kier molecular flexibility index (Phi) is 7.63. The number of carbonyl (C=O) groups excluding carboxylic acids is 3. The molecule has 0 spiro atoms. The highest BCUT2D eigenvalue weighted by atomic mass is 35.5. The Morgan fingerprint density at radius 2 is 1.68 bits per heavy atom. The summed E-state index contributed by atoms with van der Waals surface area (Å²) >= 11 is 7.38. The third kappa shape index (κ3) is 6.68. The van der Waals surface area contributed by atoms with E-state index in [9.17, 15) is 14.4 Å². The van der Waals surface area contributed by atoms with Gasteiger partial charge in [-0.05, 0) is 23.1 Å². The highest BCUT2D eigenvalue weighted by Gasteiger charge is 2.10. The van der Waals surface area contributed by atoms with Crippen molar-refractivity contribution in [3.05, 3.63) is 57.2 Å². The van der Waals surface area contributed by atoms with E-state index in [2.05, 4.69) is 10.6 Å². The number of hydrogen-bond donors (Lipinski definition) is 2. The molecule has 2 amide bonds. The molecule has 0 unspecified atom stereocenters. The molecule has 0 radical (unpaired) electrons. The fourth-order valence-electron chi connectivity index (χ4n) is 2.12. The molecule has 0 bridgehead atoms. The SMILES string of the molecule is O=C(CCC(=O)c1cccs1)NCCC(=O)NCc1ccccc1Cl. The van der Waals surface area contributed by atoms with Crippen LogP contribution in [0.1, 0.15) is 34.5 Å². The molecule has 0 atom stereocenters. The van der Waals surface area contributed by atoms with E-state index in [1.165, 1.54) is 11.3 Å². The van der Waals surface area contributed by atoms with Gasteiger partial charge in [0.1, 0.15) is 0 Å². The zero-order chi connectivity index (χ0) is 18.1. The first-order valence-electron chi connectivity index (χ1n) is 7.90. The van der Waals surface area contributed by atoms with Gasteiger partial charge in [0.15, 0.2) is 5.78 Å². The number of amides is 2. The fraction of sp³-hybridized carbons (Fsp3) is 0.278. The van der Waals surface area contributed by atoms with Crippen LogP contribution in [-0.4, -0.2) is 24.1 Å². The summed E-state index contributed by atoms with van der Waals surface area (Å²) in [6.07, 6.45) is 0.470. The molecule has 0 aliphatic heterocycles. The number of rotatable bonds is 9. The van der Waals surface area contributed by atoms with Gasteiger partial charge in [0.25, 0.3) is 0 Å². The molecule has 1 heterocycles. The van der Waals surface area contributed by atoms with Gasteiger partial charge in [-0.2, -0.15) is 0 Å². The third-order valence-corrected chi connectivity index (χ3v) is 4.76. The van der Waals surface area contributed by atoms with Gasteiger partial charge in [-0.1, -0.05) is 35.9 Å². The smallest absolute Gasteiger partial charge is 0.222 e. The lowest BCUT2D eigenvalue weighted by Crippen LogP contribution is -2.30. The molecule has 2 N–H and O–H groups in total. The van der Waals surface area contributed by atoms with Crippen molar-refractivity contribution in [2.24, 2.45) is 0 Å². The molecule has 0 saturated carbocycles. The van der Waals surface area contributed by atoms with E-state index in [0.717, 1.165) is 5.56 Å². The minimum Gasteiger partial charge on any atom is -0.356 e. The zero-order valence-corrected chi connectivity index (χ0v) is 15.2. The standard InChI is InChI=1S/C18H19ClN2O3S/c19-14-5-2-1-4-13(14)12-21-18(24)9-10-20-17(23)8-7-15(22)16-6-3-11-25-16/h1-6,11H,7-10,12H2,(H,20,23)(H,21,24). The van der Waals surface area contributed by atoms with Crippen molar-refractivity contribution in [3.63, 3.8) is 0 Å². The van der Waals surface area contributed by atoms with E-state index < -0.39 is 0 Å². The van der Waals surface area contributed by atoms with Crippen LogP contribution in [-0.2, 0) is 16.1 Å². The Labute approximate surface area is 155 Å². The Morgan fingerprint density at radius 1 is 0.920 bits per heavy atom. The van der Waals surface area contributed by atoms with Crippen LogP contribution < -0.4 is 10.6 Å². The summed E-state index contributed by atoms with van der Waals surface area (Å²) in [5.74, 6) is -0.443. The topological polar surface area (TPSA) is 75.3 Å². The van der Waals surface area contributed by atoms with Crippen LogP contribution in [0.3, 0.4) is 0 Å². The second-order valence-corrected chi connectivity index (χ2v) is 6.72. The van der Waals surface area contributed by atoms with E-state index >= 15 is 0 Å². The van der Waals surface area contributed by atoms with Gasteiger partial charge in [0.2, 0.25) is 11.8 Å². The lowest BCUT2D eigenvalue weighted by Gasteiger charge is -2.08. The summed E-state index contributed by atoms with van der Waals surface area (Å²) in [7, 11) is 0. The normalized spacial score (nSPS) is 10.3. The Hall–Kier alpha value is -2.18. The molecule has 5 nitrogen and oxygen atoms in total. The Balaban J connectivity index is 1.60. The second kappa shape index (κ2) is 9.96. The highest BCUT2D eigenvalue weighted by Crippen LogP contribution is 2.14. The largest absolute Gasteiger partial charge is 0.356 e. The predicted molar refractivity (Wildman–Crippen MR) is 98.8 cm³/mol. The Morgan fingerprint density at radius 3 is 2.40 bits per heavy atom. The zero-order valence-electron chi connectivity index (χ0n) is 13.6. The van der Waals surface area contributed by atoms with Crippen LogP contribution in [0.5, 0.6) is 0 Å². The maximum Gasteiger partial charge on any atom is 0.222 e. The fourth-order valence-corrected chi connectivity index (χ4v) is 3.01. The van der Waals surface area contributed by atoms with Crippen LogP contribution in [0.2, 0.25) is 5.02 Å². The van der Waals surface area contributed by atoms with Crippen molar-refractivity contribution in [3.8, 4) is 0 Å². The predicted octanol–water partition coefficient (Wildman–Crippen LogP) is 3.19. The Bertz CT molecular complexity index is 732. The first kappa shape index (κ1) is 19.1. The van der Waals surface area contributed by atoms with Gasteiger partial charge >= 0.3 is 0 Å². The number of thiophene rings is 1. The quantitative estimate of drug-likeness (QED) is 0.658. The first-order chi connectivity index (χ1) is 12.1. The minimum absolute atomic E-state index is 0.0392. The van der Waals surface area contributed by atoms with E-state index in [1.807, 2.05) is 23.6 Å². The van der Waals surface area contributed by atoms with E-state index in [1.54, 1.807) is 18.2 Å². The van der Waals surface area contributed by atoms with E-state index in [0.29, 0.717) is 16.4 Å². The van der Waals surface area contributed by atoms with E-state index in [-0.39, 0.29) is 43.4 Å². The summed E-state index contributed by atoms with van der Waals surface area (Å²) in [6, 6.07) is 10.8. The average molecular weight is 379 g/mol. The van der Waals surface area contributed by atoms with Crippen molar-refractivity contribution in [1.29, 1.82) is 0 Å². The molecule has 0 saturated heterocycles. The van der Waals surface area contributed by atoms with Crippen LogP contribution >= 0.6 is 22.9 Å². The third-order valence-electron chi connectivity index (χ3n) is 3.48. The van der Waals surface area contributed by atoms with Crippen molar-refractivity contribution in [1.82, 2.24) is 10.6 Å². The van der Waals surface area contributed by atoms with Crippen molar-refractivity contribution < 1.29 is 14.4 Å². The monoisotopic (exact) mass is 378 g/mol. The molecule has 1 aromatic carbocycles. The van der Waals surface area contributed by atoms with Gasteiger partial charge < -0.3 is 10.6 Å². The average Bonchev–Trinajstić information content (AvgIpc) is 3.13. The molecule has 2 rings (SSSR count). The summed E-state index contributed by atoms with van der Waals surface area (Å²) in [5, 5.41) is 7.84. The number of carbonyl (C=O) groups is 3. The minimum atomic E-state index is -0.233. The van der Waals surface area contributed by atoms with Crippen LogP contribution in [0.15, 0.2) is 41.8 Å². The summed E-state index contributed by atoms with van der Waals surface area (Å²) in [4.78, 5) is 35.9. The molecule has 1 aromatic heterocycles. The second-order valence-electron chi connectivity index (χ2n) is 5.37. The molecule has 0 aliphatic rings. The van der Waals surface area contributed by atoms with Crippen LogP contribution in [0.25, 0.3) is 0 Å². The van der Waals surface area contributed by atoms with Gasteiger partial charge in [-0.25, -0.2) is 0 Å². The molecule has 25 heavy (non-hydrogen) atoms. The number of halogens is 1. The van der Waals surface area contributed by atoms with Gasteiger partial charge in [0, 0.05) is 37.4 Å². The summed E-state index contributed by atoms with van der Waals surface area (Å²) in [5.41, 5.74) is 0.841. The molecular formula is C18H19ClN2O3S. The van der Waals surface area contributed by atoms with E-state index in [4.69, 9.17) is 11.6 Å². The number of hydrogen-bond acceptors (Lipinski definition) is 4. The van der Waals surface area contributed by atoms with Gasteiger partial charge in [0.05, 0.1) is 4.88 Å². The number of benzene rings is 1. The van der Waals surface area contributed by atoms with Gasteiger partial charge in [-0.3, -0.25) is 14.4 Å². The molecule has 2 aromatic rings. The molecule has 0 fully saturated rings. The molecule has 132 valence electrons. The molecular weight excluding hydrogens is 360 g/mol. The van der Waals surface area contributed by atoms with Crippen LogP contribution in [0.4, 0.5) is 0 Å². The highest BCUT2D eigenvalue weighted by molar-refractivity contribution is 7.12. The maximum atomic E-state index is 11.8. The molecule has 0 aliphatic carbocycles.